The molecule has 0 bridgehead atoms. The summed E-state index contributed by atoms with van der Waals surface area (Å²) in [6.07, 6.45) is 4.33. The second-order valence-electron chi connectivity index (χ2n) is 5.65. The maximum atomic E-state index is 9.42. The van der Waals surface area contributed by atoms with Gasteiger partial charge in [0, 0.05) is 12.2 Å². The van der Waals surface area contributed by atoms with Gasteiger partial charge < -0.3 is 16.2 Å². The topological polar surface area (TPSA) is 70.6 Å². The summed E-state index contributed by atoms with van der Waals surface area (Å²) in [5.41, 5.74) is 10.8. The van der Waals surface area contributed by atoms with E-state index in [0.29, 0.717) is 12.5 Å². The van der Waals surface area contributed by atoms with Crippen molar-refractivity contribution in [1.82, 2.24) is 0 Å². The first-order chi connectivity index (χ1) is 10.7. The third-order valence-electron chi connectivity index (χ3n) is 3.96. The summed E-state index contributed by atoms with van der Waals surface area (Å²) in [4.78, 5) is 4.34. The fourth-order valence-electron chi connectivity index (χ4n) is 2.85. The number of benzene rings is 2. The number of nitrogens with one attached hydrogen (secondary N) is 1. The first-order valence-electron chi connectivity index (χ1n) is 7.67. The number of phenols is 1. The molecule has 122 valence electrons. The minimum absolute atomic E-state index is 0. The molecule has 23 heavy (non-hydrogen) atoms. The largest absolute Gasteiger partial charge is 0.508 e. The van der Waals surface area contributed by atoms with Crippen LogP contribution in [0.4, 0.5) is 5.69 Å². The van der Waals surface area contributed by atoms with E-state index in [9.17, 15) is 5.11 Å². The number of fused-ring (bicyclic) bond motifs is 1. The zero-order valence-electron chi connectivity index (χ0n) is 13.0. The van der Waals surface area contributed by atoms with Crippen molar-refractivity contribution in [1.29, 1.82) is 0 Å². The monoisotopic (exact) mass is 423 g/mol. The molecule has 2 aromatic rings. The number of rotatable bonds is 4. The molecular formula is C18H22IN3O. The Morgan fingerprint density at radius 1 is 1.13 bits per heavy atom. The van der Waals surface area contributed by atoms with Crippen molar-refractivity contribution < 1.29 is 5.11 Å². The molecule has 0 aliphatic heterocycles. The van der Waals surface area contributed by atoms with Crippen molar-refractivity contribution >= 4 is 35.6 Å². The fourth-order valence-corrected chi connectivity index (χ4v) is 2.85. The lowest BCUT2D eigenvalue weighted by Gasteiger charge is -2.08. The number of phenolic OH excluding ortho intramolecular Hbond substituents is 1. The van der Waals surface area contributed by atoms with Crippen LogP contribution in [0, 0.1) is 0 Å². The Morgan fingerprint density at radius 2 is 1.96 bits per heavy atom. The van der Waals surface area contributed by atoms with Crippen LogP contribution in [0.15, 0.2) is 47.5 Å². The van der Waals surface area contributed by atoms with Gasteiger partial charge in [-0.2, -0.15) is 0 Å². The van der Waals surface area contributed by atoms with Gasteiger partial charge in [0.2, 0.25) is 0 Å². The van der Waals surface area contributed by atoms with Gasteiger partial charge in [0.1, 0.15) is 5.75 Å². The summed E-state index contributed by atoms with van der Waals surface area (Å²) in [7, 11) is 0. The van der Waals surface area contributed by atoms with Crippen LogP contribution in [0.1, 0.15) is 23.1 Å². The normalized spacial score (nSPS) is 13.3. The van der Waals surface area contributed by atoms with Crippen LogP contribution < -0.4 is 11.1 Å². The molecule has 3 rings (SSSR count). The predicted octanol–water partition coefficient (Wildman–Crippen LogP) is 3.47. The smallest absolute Gasteiger partial charge is 0.193 e. The van der Waals surface area contributed by atoms with Crippen molar-refractivity contribution in [2.24, 2.45) is 10.7 Å². The molecule has 0 spiro atoms. The second kappa shape index (κ2) is 8.19. The second-order valence-corrected chi connectivity index (χ2v) is 5.65. The van der Waals surface area contributed by atoms with Crippen LogP contribution in [0.3, 0.4) is 0 Å². The van der Waals surface area contributed by atoms with E-state index < -0.39 is 0 Å². The van der Waals surface area contributed by atoms with Gasteiger partial charge in [0.15, 0.2) is 5.96 Å². The number of nitrogens with two attached hydrogens (primary N) is 1. The molecule has 1 aliphatic carbocycles. The van der Waals surface area contributed by atoms with Crippen molar-refractivity contribution in [3.8, 4) is 5.75 Å². The third kappa shape index (κ3) is 4.86. The lowest BCUT2D eigenvalue weighted by atomic mass is 10.1. The minimum Gasteiger partial charge on any atom is -0.508 e. The number of aromatic hydroxyl groups is 1. The summed E-state index contributed by atoms with van der Waals surface area (Å²) in [6.45, 7) is 0.591. The SMILES string of the molecule is I.NC(=NCCc1cccc(O)c1)Nc1ccc2c(c1)CCC2. The molecule has 0 fully saturated rings. The molecule has 0 aromatic heterocycles. The lowest BCUT2D eigenvalue weighted by molar-refractivity contribution is 0.474. The Kier molecular flexibility index (Phi) is 6.27. The molecule has 0 saturated carbocycles. The van der Waals surface area contributed by atoms with E-state index in [1.54, 1.807) is 12.1 Å². The van der Waals surface area contributed by atoms with Gasteiger partial charge in [-0.25, -0.2) is 0 Å². The number of guanidine groups is 1. The van der Waals surface area contributed by atoms with Gasteiger partial charge in [0.05, 0.1) is 0 Å². The molecule has 0 atom stereocenters. The molecule has 5 heteroatoms. The minimum atomic E-state index is 0. The highest BCUT2D eigenvalue weighted by Gasteiger charge is 2.10. The molecule has 0 heterocycles. The van der Waals surface area contributed by atoms with E-state index in [-0.39, 0.29) is 29.7 Å². The maximum Gasteiger partial charge on any atom is 0.193 e. The van der Waals surface area contributed by atoms with Gasteiger partial charge in [0.25, 0.3) is 0 Å². The highest BCUT2D eigenvalue weighted by Crippen LogP contribution is 2.24. The number of nitrogens with zero attached hydrogens (tertiary/aromatic N) is 1. The van der Waals surface area contributed by atoms with E-state index in [1.165, 1.54) is 24.0 Å². The van der Waals surface area contributed by atoms with Crippen LogP contribution in [0.25, 0.3) is 0 Å². The lowest BCUT2D eigenvalue weighted by Crippen LogP contribution is -2.23. The van der Waals surface area contributed by atoms with Gasteiger partial charge in [-0.05, 0) is 66.6 Å². The highest BCUT2D eigenvalue weighted by atomic mass is 127. The third-order valence-corrected chi connectivity index (χ3v) is 3.96. The van der Waals surface area contributed by atoms with Crippen molar-refractivity contribution in [3.63, 3.8) is 0 Å². The van der Waals surface area contributed by atoms with Crippen molar-refractivity contribution in [2.45, 2.75) is 25.7 Å². The first-order valence-corrected chi connectivity index (χ1v) is 7.67. The van der Waals surface area contributed by atoms with E-state index in [0.717, 1.165) is 24.1 Å². The molecule has 0 amide bonds. The van der Waals surface area contributed by atoms with E-state index in [4.69, 9.17) is 5.73 Å². The number of aryl methyl sites for hydroxylation is 2. The van der Waals surface area contributed by atoms with Gasteiger partial charge >= 0.3 is 0 Å². The number of hydrogen-bond acceptors (Lipinski definition) is 2. The number of halogens is 1. The van der Waals surface area contributed by atoms with E-state index in [2.05, 4.69) is 28.5 Å². The Morgan fingerprint density at radius 3 is 2.78 bits per heavy atom. The van der Waals surface area contributed by atoms with Crippen LogP contribution >= 0.6 is 24.0 Å². The number of hydrogen-bond donors (Lipinski definition) is 3. The van der Waals surface area contributed by atoms with Crippen molar-refractivity contribution in [3.05, 3.63) is 59.2 Å². The molecule has 0 saturated heterocycles. The molecule has 1 aliphatic rings. The summed E-state index contributed by atoms with van der Waals surface area (Å²) < 4.78 is 0. The average molecular weight is 423 g/mol. The standard InChI is InChI=1S/C18H21N3O.HI/c19-18(20-10-9-13-3-1-6-17(22)11-13)21-16-8-7-14-4-2-5-15(14)12-16;/h1,3,6-8,11-12,22H,2,4-5,9-10H2,(H3,19,20,21);1H. The van der Waals surface area contributed by atoms with E-state index in [1.807, 2.05) is 12.1 Å². The zero-order valence-corrected chi connectivity index (χ0v) is 15.3. The summed E-state index contributed by atoms with van der Waals surface area (Å²) >= 11 is 0. The maximum absolute atomic E-state index is 9.42. The Balaban J connectivity index is 0.00000192. The zero-order chi connectivity index (χ0) is 15.4. The number of aliphatic imine (C=N–C) groups is 1. The Labute approximate surface area is 153 Å². The first kappa shape index (κ1) is 17.6. The van der Waals surface area contributed by atoms with Crippen LogP contribution in [-0.2, 0) is 19.3 Å². The highest BCUT2D eigenvalue weighted by molar-refractivity contribution is 14.0. The number of anilines is 1. The van der Waals surface area contributed by atoms with Gasteiger partial charge in [-0.15, -0.1) is 24.0 Å². The quantitative estimate of drug-likeness (QED) is 0.401. The molecule has 0 unspecified atom stereocenters. The molecule has 4 N–H and O–H groups in total. The Bertz CT molecular complexity index is 700. The van der Waals surface area contributed by atoms with Crippen LogP contribution in [0.5, 0.6) is 5.75 Å². The molecule has 4 nitrogen and oxygen atoms in total. The van der Waals surface area contributed by atoms with Crippen LogP contribution in [-0.4, -0.2) is 17.6 Å². The summed E-state index contributed by atoms with van der Waals surface area (Å²) in [5, 5.41) is 12.6. The Hall–Kier alpha value is -1.76. The van der Waals surface area contributed by atoms with Gasteiger partial charge in [-0.1, -0.05) is 18.2 Å². The predicted molar refractivity (Wildman–Crippen MR) is 106 cm³/mol. The van der Waals surface area contributed by atoms with E-state index >= 15 is 0 Å². The average Bonchev–Trinajstić information content (AvgIpc) is 2.95. The fraction of sp³-hybridized carbons (Fsp3) is 0.278. The van der Waals surface area contributed by atoms with Crippen molar-refractivity contribution in [2.75, 3.05) is 11.9 Å². The molecule has 0 radical (unpaired) electrons. The van der Waals surface area contributed by atoms with Gasteiger partial charge in [-0.3, -0.25) is 4.99 Å². The molecular weight excluding hydrogens is 401 g/mol. The summed E-state index contributed by atoms with van der Waals surface area (Å²) in [6, 6.07) is 13.6. The molecule has 2 aromatic carbocycles. The summed E-state index contributed by atoms with van der Waals surface area (Å²) in [5.74, 6) is 0.712. The van der Waals surface area contributed by atoms with Crippen LogP contribution in [0.2, 0.25) is 0 Å².